The van der Waals surface area contributed by atoms with Gasteiger partial charge in [0.1, 0.15) is 4.90 Å². The molecule has 1 saturated carbocycles. The second kappa shape index (κ2) is 4.93. The quantitative estimate of drug-likeness (QED) is 0.757. The van der Waals surface area contributed by atoms with Crippen molar-refractivity contribution >= 4 is 16.0 Å². The van der Waals surface area contributed by atoms with Gasteiger partial charge in [-0.15, -0.1) is 0 Å². The number of aromatic nitrogens is 2. The lowest BCUT2D eigenvalue weighted by atomic mass is 10.2. The minimum absolute atomic E-state index is 0.0714. The maximum atomic E-state index is 12.0. The van der Waals surface area contributed by atoms with Gasteiger partial charge in [-0.2, -0.15) is 5.10 Å². The van der Waals surface area contributed by atoms with E-state index in [0.29, 0.717) is 6.54 Å². The molecule has 1 aromatic heterocycles. The zero-order valence-corrected chi connectivity index (χ0v) is 11.5. The normalized spacial score (nSPS) is 17.3. The van der Waals surface area contributed by atoms with Gasteiger partial charge in [-0.25, -0.2) is 13.1 Å². The van der Waals surface area contributed by atoms with Crippen LogP contribution in [0.25, 0.3) is 0 Å². The van der Waals surface area contributed by atoms with Crippen LogP contribution in [0.15, 0.2) is 17.3 Å². The summed E-state index contributed by atoms with van der Waals surface area (Å²) in [4.78, 5) is 10.5. The van der Waals surface area contributed by atoms with Crippen molar-refractivity contribution in [2.24, 2.45) is 5.41 Å². The van der Waals surface area contributed by atoms with Crippen LogP contribution < -0.4 is 4.72 Å². The van der Waals surface area contributed by atoms with E-state index in [1.54, 1.807) is 0 Å². The van der Waals surface area contributed by atoms with E-state index in [9.17, 15) is 13.2 Å². The number of hydrogen-bond donors (Lipinski definition) is 2. The maximum absolute atomic E-state index is 12.0. The summed E-state index contributed by atoms with van der Waals surface area (Å²) in [5, 5.41) is 12.4. The minimum Gasteiger partial charge on any atom is -0.481 e. The number of carboxylic acid groups (broad SMARTS) is 1. The summed E-state index contributed by atoms with van der Waals surface area (Å²) in [7, 11) is -3.55. The van der Waals surface area contributed by atoms with E-state index in [0.717, 1.165) is 12.8 Å². The van der Waals surface area contributed by atoms with Crippen LogP contribution in [0.2, 0.25) is 0 Å². The van der Waals surface area contributed by atoms with Crippen molar-refractivity contribution in [3.8, 4) is 0 Å². The Morgan fingerprint density at radius 3 is 2.84 bits per heavy atom. The van der Waals surface area contributed by atoms with Crippen LogP contribution in [-0.4, -0.2) is 35.8 Å². The van der Waals surface area contributed by atoms with Crippen LogP contribution in [0.1, 0.15) is 26.2 Å². The number of nitrogens with one attached hydrogen (secondary N) is 1. The number of hydrogen-bond acceptors (Lipinski definition) is 4. The van der Waals surface area contributed by atoms with Crippen molar-refractivity contribution in [1.29, 1.82) is 0 Å². The first-order chi connectivity index (χ1) is 8.81. The first-order valence-corrected chi connectivity index (χ1v) is 7.53. The van der Waals surface area contributed by atoms with Gasteiger partial charge < -0.3 is 5.11 Å². The van der Waals surface area contributed by atoms with Gasteiger partial charge in [-0.3, -0.25) is 9.48 Å². The third-order valence-electron chi connectivity index (χ3n) is 3.27. The van der Waals surface area contributed by atoms with Gasteiger partial charge >= 0.3 is 5.97 Å². The van der Waals surface area contributed by atoms with Gasteiger partial charge in [0.2, 0.25) is 10.0 Å². The number of nitrogens with zero attached hydrogens (tertiary/aromatic N) is 2. The van der Waals surface area contributed by atoms with Gasteiger partial charge in [0, 0.05) is 12.7 Å². The van der Waals surface area contributed by atoms with E-state index in [1.165, 1.54) is 17.1 Å². The average molecular weight is 287 g/mol. The van der Waals surface area contributed by atoms with Gasteiger partial charge in [0.05, 0.1) is 19.2 Å². The molecule has 0 saturated heterocycles. The number of carboxylic acids is 1. The van der Waals surface area contributed by atoms with Crippen LogP contribution in [0.4, 0.5) is 0 Å². The van der Waals surface area contributed by atoms with Crippen molar-refractivity contribution < 1.29 is 18.3 Å². The van der Waals surface area contributed by atoms with E-state index < -0.39 is 16.0 Å². The molecule has 1 aliphatic carbocycles. The summed E-state index contributed by atoms with van der Waals surface area (Å²) in [6, 6.07) is 0. The summed E-state index contributed by atoms with van der Waals surface area (Å²) < 4.78 is 27.8. The number of aryl methyl sites for hydroxylation is 1. The highest BCUT2D eigenvalue weighted by Crippen LogP contribution is 2.44. The molecule has 2 N–H and O–H groups in total. The lowest BCUT2D eigenvalue weighted by Gasteiger charge is -2.09. The van der Waals surface area contributed by atoms with Crippen LogP contribution in [0.5, 0.6) is 0 Å². The van der Waals surface area contributed by atoms with E-state index in [1.807, 2.05) is 6.92 Å². The van der Waals surface area contributed by atoms with Crippen LogP contribution in [0, 0.1) is 5.41 Å². The Hall–Kier alpha value is -1.41. The fourth-order valence-electron chi connectivity index (χ4n) is 1.56. The van der Waals surface area contributed by atoms with E-state index >= 15 is 0 Å². The maximum Gasteiger partial charge on any atom is 0.305 e. The Kier molecular flexibility index (Phi) is 3.64. The lowest BCUT2D eigenvalue weighted by molar-refractivity contribution is -0.137. The predicted molar refractivity (Wildman–Crippen MR) is 67.0 cm³/mol. The fraction of sp³-hybridized carbons (Fsp3) is 0.636. The van der Waals surface area contributed by atoms with Gasteiger partial charge in [0.25, 0.3) is 0 Å². The molecule has 0 radical (unpaired) electrons. The molecule has 0 bridgehead atoms. The molecule has 7 nitrogen and oxygen atoms in total. The summed E-state index contributed by atoms with van der Waals surface area (Å²) in [6.45, 7) is 2.62. The van der Waals surface area contributed by atoms with Crippen molar-refractivity contribution in [2.75, 3.05) is 6.54 Å². The van der Waals surface area contributed by atoms with Gasteiger partial charge in [-0.1, -0.05) is 6.92 Å². The smallest absolute Gasteiger partial charge is 0.305 e. The molecule has 106 valence electrons. The van der Waals surface area contributed by atoms with Crippen molar-refractivity contribution in [2.45, 2.75) is 37.6 Å². The number of aliphatic carboxylic acids is 1. The standard InChI is InChI=1S/C11H17N3O4S/c1-11(3-4-11)8-13-19(17,18)9-6-12-14(7-9)5-2-10(15)16/h6-7,13H,2-5,8H2,1H3,(H,15,16). The molecule has 0 atom stereocenters. The van der Waals surface area contributed by atoms with E-state index in [2.05, 4.69) is 9.82 Å². The minimum atomic E-state index is -3.55. The Balaban J connectivity index is 1.97. The highest BCUT2D eigenvalue weighted by molar-refractivity contribution is 7.89. The Bertz CT molecular complexity index is 575. The Labute approximate surface area is 111 Å². The number of carbonyl (C=O) groups is 1. The summed E-state index contributed by atoms with van der Waals surface area (Å²) in [6.07, 6.45) is 4.56. The third kappa shape index (κ3) is 3.77. The molecule has 8 heteroatoms. The Morgan fingerprint density at radius 2 is 2.26 bits per heavy atom. The topological polar surface area (TPSA) is 101 Å². The lowest BCUT2D eigenvalue weighted by Crippen LogP contribution is -2.28. The molecule has 0 aromatic carbocycles. The van der Waals surface area contributed by atoms with Gasteiger partial charge in [-0.05, 0) is 18.3 Å². The van der Waals surface area contributed by atoms with Crippen molar-refractivity contribution in [3.05, 3.63) is 12.4 Å². The van der Waals surface area contributed by atoms with Crippen molar-refractivity contribution in [3.63, 3.8) is 0 Å². The number of rotatable bonds is 7. The highest BCUT2D eigenvalue weighted by Gasteiger charge is 2.38. The molecule has 2 rings (SSSR count). The molecule has 1 heterocycles. The largest absolute Gasteiger partial charge is 0.481 e. The molecule has 1 aromatic rings. The molecule has 1 fully saturated rings. The molecular weight excluding hydrogens is 270 g/mol. The molecule has 0 aliphatic heterocycles. The van der Waals surface area contributed by atoms with Crippen LogP contribution in [-0.2, 0) is 21.4 Å². The SMILES string of the molecule is CC1(CNS(=O)(=O)c2cnn(CCC(=O)O)c2)CC1. The fourth-order valence-corrected chi connectivity index (χ4v) is 2.71. The van der Waals surface area contributed by atoms with Crippen LogP contribution >= 0.6 is 0 Å². The Morgan fingerprint density at radius 1 is 1.58 bits per heavy atom. The molecule has 0 spiro atoms. The molecular formula is C11H17N3O4S. The summed E-state index contributed by atoms with van der Waals surface area (Å²) >= 11 is 0. The van der Waals surface area contributed by atoms with Crippen molar-refractivity contribution in [1.82, 2.24) is 14.5 Å². The zero-order valence-electron chi connectivity index (χ0n) is 10.7. The average Bonchev–Trinajstić information content (AvgIpc) is 2.89. The molecule has 0 amide bonds. The monoisotopic (exact) mass is 287 g/mol. The first kappa shape index (κ1) is 14.0. The van der Waals surface area contributed by atoms with E-state index in [-0.39, 0.29) is 23.3 Å². The molecule has 1 aliphatic rings. The molecule has 0 unspecified atom stereocenters. The molecule has 19 heavy (non-hydrogen) atoms. The van der Waals surface area contributed by atoms with Gasteiger partial charge in [0.15, 0.2) is 0 Å². The summed E-state index contributed by atoms with van der Waals surface area (Å²) in [5.74, 6) is -0.945. The third-order valence-corrected chi connectivity index (χ3v) is 4.62. The number of sulfonamides is 1. The first-order valence-electron chi connectivity index (χ1n) is 6.05. The van der Waals surface area contributed by atoms with E-state index in [4.69, 9.17) is 5.11 Å². The highest BCUT2D eigenvalue weighted by atomic mass is 32.2. The summed E-state index contributed by atoms with van der Waals surface area (Å²) in [5.41, 5.74) is 0.0897. The predicted octanol–water partition coefficient (Wildman–Crippen LogP) is 0.436. The van der Waals surface area contributed by atoms with Crippen LogP contribution in [0.3, 0.4) is 0 Å². The second-order valence-corrected chi connectivity index (χ2v) is 6.99. The second-order valence-electron chi connectivity index (χ2n) is 5.22. The zero-order chi connectivity index (χ0) is 14.1.